The summed E-state index contributed by atoms with van der Waals surface area (Å²) in [7, 11) is 5.34. The van der Waals surface area contributed by atoms with Gasteiger partial charge in [-0.2, -0.15) is 0 Å². The van der Waals surface area contributed by atoms with E-state index in [4.69, 9.17) is 14.2 Å². The molecule has 0 saturated carbocycles. The van der Waals surface area contributed by atoms with E-state index in [1.165, 1.54) is 28.4 Å². The van der Waals surface area contributed by atoms with Gasteiger partial charge in [0, 0.05) is 28.4 Å². The Hall–Kier alpha value is -0.200. The average Bonchev–Trinajstić information content (AvgIpc) is 2.08. The van der Waals surface area contributed by atoms with Crippen LogP contribution in [0.4, 0.5) is 0 Å². The van der Waals surface area contributed by atoms with Gasteiger partial charge in [-0.25, -0.2) is 0 Å². The van der Waals surface area contributed by atoms with Gasteiger partial charge in [0.05, 0.1) is 0 Å². The summed E-state index contributed by atoms with van der Waals surface area (Å²) in [6.07, 6.45) is -1.28. The smallest absolute Gasteiger partial charge is 0.336 e. The van der Waals surface area contributed by atoms with Crippen LogP contribution in [0.15, 0.2) is 0 Å². The van der Waals surface area contributed by atoms with Crippen LogP contribution in [0, 0.1) is 0 Å². The first-order chi connectivity index (χ1) is 5.16. The first-order valence-corrected chi connectivity index (χ1v) is 3.03. The highest BCUT2D eigenvalue weighted by molar-refractivity contribution is 4.57. The summed E-state index contributed by atoms with van der Waals surface area (Å²) in [5.74, 6) is -1.53. The lowest BCUT2D eigenvalue weighted by molar-refractivity contribution is -0.427. The molecule has 0 heterocycles. The second-order valence-corrected chi connectivity index (χ2v) is 1.80. The first-order valence-electron chi connectivity index (χ1n) is 3.03. The lowest BCUT2D eigenvalue weighted by Gasteiger charge is -2.31. The molecule has 0 bridgehead atoms. The molecule has 0 amide bonds. The second-order valence-electron chi connectivity index (χ2n) is 1.80. The van der Waals surface area contributed by atoms with E-state index in [1.807, 2.05) is 0 Å². The molecule has 5 heteroatoms. The Morgan fingerprint density at radius 2 is 1.36 bits per heavy atom. The molecule has 0 aliphatic heterocycles. The minimum atomic E-state index is -1.53. The molecule has 11 heavy (non-hydrogen) atoms. The quantitative estimate of drug-likeness (QED) is 0.560. The van der Waals surface area contributed by atoms with E-state index < -0.39 is 12.3 Å². The number of hydrogen-bond donors (Lipinski definition) is 1. The molecule has 0 fully saturated rings. The van der Waals surface area contributed by atoms with E-state index in [2.05, 4.69) is 4.74 Å². The van der Waals surface area contributed by atoms with Crippen molar-refractivity contribution in [2.75, 3.05) is 28.4 Å². The Balaban J connectivity index is 4.26. The zero-order valence-electron chi connectivity index (χ0n) is 7.16. The summed E-state index contributed by atoms with van der Waals surface area (Å²) in [4.78, 5) is 0. The van der Waals surface area contributed by atoms with Crippen LogP contribution in [-0.2, 0) is 18.9 Å². The fourth-order valence-corrected chi connectivity index (χ4v) is 0.697. The van der Waals surface area contributed by atoms with Crippen LogP contribution < -0.4 is 0 Å². The van der Waals surface area contributed by atoms with Gasteiger partial charge in [-0.3, -0.25) is 0 Å². The van der Waals surface area contributed by atoms with Crippen LogP contribution in [0.2, 0.25) is 0 Å². The van der Waals surface area contributed by atoms with E-state index in [1.54, 1.807) is 0 Å². The molecular formula is C6H14O5. The van der Waals surface area contributed by atoms with Gasteiger partial charge in [-0.15, -0.1) is 0 Å². The van der Waals surface area contributed by atoms with Gasteiger partial charge >= 0.3 is 5.97 Å². The van der Waals surface area contributed by atoms with E-state index in [0.717, 1.165) is 0 Å². The molecule has 0 saturated heterocycles. The first kappa shape index (κ1) is 10.8. The Labute approximate surface area is 65.8 Å². The Kier molecular flexibility index (Phi) is 4.55. The third-order valence-corrected chi connectivity index (χ3v) is 1.38. The van der Waals surface area contributed by atoms with Crippen LogP contribution in [0.5, 0.6) is 0 Å². The van der Waals surface area contributed by atoms with Crippen molar-refractivity contribution in [3.63, 3.8) is 0 Å². The summed E-state index contributed by atoms with van der Waals surface area (Å²) in [6.45, 7) is 0. The van der Waals surface area contributed by atoms with E-state index in [9.17, 15) is 5.11 Å². The summed E-state index contributed by atoms with van der Waals surface area (Å²) >= 11 is 0. The minimum Gasteiger partial charge on any atom is -0.362 e. The molecule has 0 aliphatic carbocycles. The number of rotatable bonds is 5. The fraction of sp³-hybridized carbons (Fsp3) is 1.00. The molecule has 0 aromatic carbocycles. The highest BCUT2D eigenvalue weighted by Crippen LogP contribution is 2.17. The standard InChI is InChI=1S/C6H14O5/c1-8-5(7)6(9-2,10-3)11-4/h5,7H,1-4H3. The van der Waals surface area contributed by atoms with Crippen LogP contribution in [0.25, 0.3) is 0 Å². The van der Waals surface area contributed by atoms with Crippen molar-refractivity contribution < 1.29 is 24.1 Å². The lowest BCUT2D eigenvalue weighted by Crippen LogP contribution is -2.48. The van der Waals surface area contributed by atoms with Gasteiger partial charge < -0.3 is 24.1 Å². The van der Waals surface area contributed by atoms with Gasteiger partial charge in [0.2, 0.25) is 6.29 Å². The molecule has 0 aliphatic rings. The molecule has 0 radical (unpaired) electrons. The molecule has 1 atom stereocenters. The number of hydrogen-bond acceptors (Lipinski definition) is 5. The molecule has 0 aromatic rings. The highest BCUT2D eigenvalue weighted by atomic mass is 16.9. The third kappa shape index (κ3) is 2.11. The summed E-state index contributed by atoms with van der Waals surface area (Å²) in [5, 5.41) is 9.17. The van der Waals surface area contributed by atoms with Crippen LogP contribution in [0.1, 0.15) is 0 Å². The molecule has 5 nitrogen and oxygen atoms in total. The molecular weight excluding hydrogens is 152 g/mol. The van der Waals surface area contributed by atoms with Crippen molar-refractivity contribution in [2.45, 2.75) is 12.3 Å². The van der Waals surface area contributed by atoms with Crippen molar-refractivity contribution in [1.82, 2.24) is 0 Å². The number of ether oxygens (including phenoxy) is 4. The Morgan fingerprint density at radius 3 is 1.45 bits per heavy atom. The van der Waals surface area contributed by atoms with Gasteiger partial charge in [0.15, 0.2) is 0 Å². The summed E-state index contributed by atoms with van der Waals surface area (Å²) in [5.41, 5.74) is 0. The molecule has 1 N–H and O–H groups in total. The largest absolute Gasteiger partial charge is 0.362 e. The number of methoxy groups -OCH3 is 4. The van der Waals surface area contributed by atoms with Crippen molar-refractivity contribution in [1.29, 1.82) is 0 Å². The summed E-state index contributed by atoms with van der Waals surface area (Å²) in [6, 6.07) is 0. The molecule has 0 rings (SSSR count). The Bertz CT molecular complexity index is 92.9. The summed E-state index contributed by atoms with van der Waals surface area (Å²) < 4.78 is 18.9. The molecule has 0 aromatic heterocycles. The monoisotopic (exact) mass is 166 g/mol. The van der Waals surface area contributed by atoms with Crippen molar-refractivity contribution in [3.8, 4) is 0 Å². The zero-order valence-corrected chi connectivity index (χ0v) is 7.16. The second kappa shape index (κ2) is 4.63. The van der Waals surface area contributed by atoms with Crippen molar-refractivity contribution >= 4 is 0 Å². The van der Waals surface area contributed by atoms with Crippen molar-refractivity contribution in [3.05, 3.63) is 0 Å². The van der Waals surface area contributed by atoms with Gasteiger partial charge in [0.1, 0.15) is 0 Å². The van der Waals surface area contributed by atoms with Gasteiger partial charge in [-0.1, -0.05) is 0 Å². The Morgan fingerprint density at radius 1 is 1.00 bits per heavy atom. The van der Waals surface area contributed by atoms with E-state index in [-0.39, 0.29) is 0 Å². The normalized spacial score (nSPS) is 15.0. The number of aliphatic hydroxyl groups is 1. The predicted octanol–water partition coefficient (Wildman–Crippen LogP) is -0.456. The lowest BCUT2D eigenvalue weighted by atomic mass is 10.5. The average molecular weight is 166 g/mol. The third-order valence-electron chi connectivity index (χ3n) is 1.38. The van der Waals surface area contributed by atoms with Crippen LogP contribution in [-0.4, -0.2) is 45.8 Å². The maximum Gasteiger partial charge on any atom is 0.336 e. The van der Waals surface area contributed by atoms with E-state index in [0.29, 0.717) is 0 Å². The van der Waals surface area contributed by atoms with Crippen molar-refractivity contribution in [2.24, 2.45) is 0 Å². The number of aliphatic hydroxyl groups excluding tert-OH is 1. The molecule has 1 unspecified atom stereocenters. The maximum atomic E-state index is 9.17. The topological polar surface area (TPSA) is 57.2 Å². The van der Waals surface area contributed by atoms with Gasteiger partial charge in [-0.05, 0) is 0 Å². The van der Waals surface area contributed by atoms with Crippen LogP contribution in [0.3, 0.4) is 0 Å². The predicted molar refractivity (Wildman–Crippen MR) is 36.8 cm³/mol. The maximum absolute atomic E-state index is 9.17. The van der Waals surface area contributed by atoms with E-state index >= 15 is 0 Å². The molecule has 68 valence electrons. The molecule has 0 spiro atoms. The highest BCUT2D eigenvalue weighted by Gasteiger charge is 2.39. The van der Waals surface area contributed by atoms with Gasteiger partial charge in [0.25, 0.3) is 0 Å². The zero-order chi connectivity index (χ0) is 8.91. The SMILES string of the molecule is COC(O)C(OC)(OC)OC. The fourth-order valence-electron chi connectivity index (χ4n) is 0.697. The minimum absolute atomic E-state index is 1.28. The van der Waals surface area contributed by atoms with Crippen LogP contribution >= 0.6 is 0 Å².